The van der Waals surface area contributed by atoms with Crippen LogP contribution in [0.15, 0.2) is 30.5 Å². The van der Waals surface area contributed by atoms with E-state index in [4.69, 9.17) is 11.5 Å². The molecule has 0 saturated carbocycles. The zero-order valence-corrected chi connectivity index (χ0v) is 10.6. The van der Waals surface area contributed by atoms with Gasteiger partial charge in [0.05, 0.1) is 17.5 Å². The molecule has 0 radical (unpaired) electrons. The topological polar surface area (TPSA) is 80.7 Å². The Morgan fingerprint density at radius 3 is 2.70 bits per heavy atom. The zero-order chi connectivity index (χ0) is 14.8. The van der Waals surface area contributed by atoms with E-state index in [-0.39, 0.29) is 6.04 Å². The molecule has 0 aliphatic rings. The Labute approximate surface area is 114 Å². The first-order valence-corrected chi connectivity index (χ1v) is 6.07. The fraction of sp³-hybridized carbons (Fsp3) is 0.308. The van der Waals surface area contributed by atoms with Gasteiger partial charge in [0.2, 0.25) is 0 Å². The highest BCUT2D eigenvalue weighted by atomic mass is 19.4. The molecule has 0 amide bonds. The second-order valence-electron chi connectivity index (χ2n) is 4.55. The standard InChI is InChI=1S/C13H15F3N4/c14-13(15,16)10-3-1-2-8(4-10)12-9(7-19-20-12)5-11(18)6-17/h1-4,7,11H,5-6,17-18H2,(H,19,20). The van der Waals surface area contributed by atoms with Gasteiger partial charge in [-0.05, 0) is 24.1 Å². The van der Waals surface area contributed by atoms with E-state index >= 15 is 0 Å². The Bertz CT molecular complexity index is 577. The Kier molecular flexibility index (Phi) is 4.10. The maximum absolute atomic E-state index is 12.7. The summed E-state index contributed by atoms with van der Waals surface area (Å²) in [6.07, 6.45) is -2.35. The van der Waals surface area contributed by atoms with Gasteiger partial charge in [0, 0.05) is 18.2 Å². The van der Waals surface area contributed by atoms with Crippen molar-refractivity contribution in [2.45, 2.75) is 18.6 Å². The van der Waals surface area contributed by atoms with Crippen molar-refractivity contribution >= 4 is 0 Å². The quantitative estimate of drug-likeness (QED) is 0.802. The summed E-state index contributed by atoms with van der Waals surface area (Å²) in [4.78, 5) is 0. The van der Waals surface area contributed by atoms with Crippen molar-refractivity contribution in [2.24, 2.45) is 11.5 Å². The third-order valence-corrected chi connectivity index (χ3v) is 2.98. The summed E-state index contributed by atoms with van der Waals surface area (Å²) in [7, 11) is 0. The first-order valence-electron chi connectivity index (χ1n) is 6.07. The summed E-state index contributed by atoms with van der Waals surface area (Å²) in [6, 6.07) is 4.83. The van der Waals surface area contributed by atoms with E-state index in [2.05, 4.69) is 10.2 Å². The number of benzene rings is 1. The van der Waals surface area contributed by atoms with E-state index in [0.717, 1.165) is 17.7 Å². The van der Waals surface area contributed by atoms with Crippen molar-refractivity contribution in [1.29, 1.82) is 0 Å². The zero-order valence-electron chi connectivity index (χ0n) is 10.6. The van der Waals surface area contributed by atoms with Crippen molar-refractivity contribution in [3.05, 3.63) is 41.6 Å². The molecule has 0 aliphatic heterocycles. The van der Waals surface area contributed by atoms with Gasteiger partial charge < -0.3 is 11.5 Å². The van der Waals surface area contributed by atoms with E-state index < -0.39 is 11.7 Å². The van der Waals surface area contributed by atoms with Crippen molar-refractivity contribution in [2.75, 3.05) is 6.54 Å². The van der Waals surface area contributed by atoms with Crippen LogP contribution in [0.3, 0.4) is 0 Å². The number of hydrogen-bond donors (Lipinski definition) is 3. The van der Waals surface area contributed by atoms with E-state index in [1.54, 1.807) is 12.3 Å². The molecule has 2 aromatic rings. The molecule has 2 rings (SSSR count). The van der Waals surface area contributed by atoms with Crippen LogP contribution in [0.1, 0.15) is 11.1 Å². The second kappa shape index (κ2) is 5.64. The van der Waals surface area contributed by atoms with Crippen LogP contribution in [-0.4, -0.2) is 22.8 Å². The van der Waals surface area contributed by atoms with Crippen LogP contribution in [-0.2, 0) is 12.6 Å². The van der Waals surface area contributed by atoms with E-state index in [9.17, 15) is 13.2 Å². The Balaban J connectivity index is 2.35. The normalized spacial score (nSPS) is 13.4. The van der Waals surface area contributed by atoms with Gasteiger partial charge in [-0.15, -0.1) is 0 Å². The van der Waals surface area contributed by atoms with Crippen LogP contribution in [0.2, 0.25) is 0 Å². The lowest BCUT2D eigenvalue weighted by Crippen LogP contribution is -2.31. The molecule has 1 aromatic carbocycles. The summed E-state index contributed by atoms with van der Waals surface area (Å²) in [5.41, 5.74) is 12.2. The summed E-state index contributed by atoms with van der Waals surface area (Å²) in [6.45, 7) is 0.299. The summed E-state index contributed by atoms with van der Waals surface area (Å²) < 4.78 is 38.1. The number of hydrogen-bond acceptors (Lipinski definition) is 3. The van der Waals surface area contributed by atoms with E-state index in [0.29, 0.717) is 24.2 Å². The Hall–Kier alpha value is -1.86. The second-order valence-corrected chi connectivity index (χ2v) is 4.55. The predicted molar refractivity (Wildman–Crippen MR) is 69.8 cm³/mol. The van der Waals surface area contributed by atoms with Crippen LogP contribution in [0.5, 0.6) is 0 Å². The summed E-state index contributed by atoms with van der Waals surface area (Å²) in [5.74, 6) is 0. The fourth-order valence-corrected chi connectivity index (χ4v) is 1.93. The molecule has 0 bridgehead atoms. The number of H-pyrrole nitrogens is 1. The van der Waals surface area contributed by atoms with Crippen LogP contribution >= 0.6 is 0 Å². The molecule has 0 aliphatic carbocycles. The van der Waals surface area contributed by atoms with Gasteiger partial charge >= 0.3 is 6.18 Å². The number of aromatic amines is 1. The van der Waals surface area contributed by atoms with Gasteiger partial charge in [-0.3, -0.25) is 5.10 Å². The molecule has 1 aromatic heterocycles. The fourth-order valence-electron chi connectivity index (χ4n) is 1.93. The Morgan fingerprint density at radius 1 is 1.30 bits per heavy atom. The molecule has 7 heteroatoms. The number of nitrogens with zero attached hydrogens (tertiary/aromatic N) is 1. The van der Waals surface area contributed by atoms with Crippen molar-refractivity contribution in [3.63, 3.8) is 0 Å². The molecule has 1 heterocycles. The molecule has 0 saturated heterocycles. The van der Waals surface area contributed by atoms with Gasteiger partial charge in [0.25, 0.3) is 0 Å². The lowest BCUT2D eigenvalue weighted by Gasteiger charge is -2.11. The van der Waals surface area contributed by atoms with Gasteiger partial charge in [-0.2, -0.15) is 18.3 Å². The third-order valence-electron chi connectivity index (χ3n) is 2.98. The molecule has 20 heavy (non-hydrogen) atoms. The number of nitrogens with one attached hydrogen (secondary N) is 1. The van der Waals surface area contributed by atoms with Crippen molar-refractivity contribution in [3.8, 4) is 11.3 Å². The molecular weight excluding hydrogens is 269 g/mol. The maximum Gasteiger partial charge on any atom is 0.416 e. The smallest absolute Gasteiger partial charge is 0.329 e. The third kappa shape index (κ3) is 3.17. The molecule has 108 valence electrons. The predicted octanol–water partition coefficient (Wildman–Crippen LogP) is 1.92. The highest BCUT2D eigenvalue weighted by Crippen LogP contribution is 2.32. The van der Waals surface area contributed by atoms with E-state index in [1.807, 2.05) is 0 Å². The minimum Gasteiger partial charge on any atom is -0.329 e. The monoisotopic (exact) mass is 284 g/mol. The minimum atomic E-state index is -4.37. The lowest BCUT2D eigenvalue weighted by atomic mass is 10.0. The van der Waals surface area contributed by atoms with Gasteiger partial charge in [-0.25, -0.2) is 0 Å². The van der Waals surface area contributed by atoms with Gasteiger partial charge in [-0.1, -0.05) is 12.1 Å². The first-order chi connectivity index (χ1) is 9.41. The molecule has 4 nitrogen and oxygen atoms in total. The molecule has 0 fully saturated rings. The Morgan fingerprint density at radius 2 is 2.05 bits per heavy atom. The average Bonchev–Trinajstić information content (AvgIpc) is 2.86. The molecular formula is C13H15F3N4. The number of aromatic nitrogens is 2. The van der Waals surface area contributed by atoms with Gasteiger partial charge in [0.15, 0.2) is 0 Å². The minimum absolute atomic E-state index is 0.253. The molecule has 1 unspecified atom stereocenters. The molecule has 1 atom stereocenters. The largest absolute Gasteiger partial charge is 0.416 e. The van der Waals surface area contributed by atoms with Crippen LogP contribution < -0.4 is 11.5 Å². The average molecular weight is 284 g/mol. The molecule has 5 N–H and O–H groups in total. The first kappa shape index (κ1) is 14.5. The highest BCUT2D eigenvalue weighted by Gasteiger charge is 2.30. The number of rotatable bonds is 4. The number of halogens is 3. The highest BCUT2D eigenvalue weighted by molar-refractivity contribution is 5.63. The summed E-state index contributed by atoms with van der Waals surface area (Å²) >= 11 is 0. The SMILES string of the molecule is NCC(N)Cc1cn[nH]c1-c1cccc(C(F)(F)F)c1. The van der Waals surface area contributed by atoms with Crippen LogP contribution in [0.25, 0.3) is 11.3 Å². The molecule has 0 spiro atoms. The van der Waals surface area contributed by atoms with Crippen LogP contribution in [0.4, 0.5) is 13.2 Å². The summed E-state index contributed by atoms with van der Waals surface area (Å²) in [5, 5.41) is 6.59. The lowest BCUT2D eigenvalue weighted by molar-refractivity contribution is -0.137. The van der Waals surface area contributed by atoms with Crippen molar-refractivity contribution < 1.29 is 13.2 Å². The number of nitrogens with two attached hydrogens (primary N) is 2. The maximum atomic E-state index is 12.7. The van der Waals surface area contributed by atoms with Crippen LogP contribution in [0, 0.1) is 0 Å². The van der Waals surface area contributed by atoms with Crippen molar-refractivity contribution in [1.82, 2.24) is 10.2 Å². The number of alkyl halides is 3. The van der Waals surface area contributed by atoms with Gasteiger partial charge in [0.1, 0.15) is 0 Å². The van der Waals surface area contributed by atoms with E-state index in [1.165, 1.54) is 6.07 Å².